The summed E-state index contributed by atoms with van der Waals surface area (Å²) in [5.74, 6) is -0.585. The molecule has 19 heavy (non-hydrogen) atoms. The number of alkyl halides is 1. The Morgan fingerprint density at radius 1 is 1.32 bits per heavy atom. The van der Waals surface area contributed by atoms with Crippen molar-refractivity contribution in [2.45, 2.75) is 18.4 Å². The van der Waals surface area contributed by atoms with Gasteiger partial charge in [0.25, 0.3) is 5.91 Å². The molecule has 104 valence electrons. The van der Waals surface area contributed by atoms with Crippen molar-refractivity contribution in [1.29, 1.82) is 0 Å². The van der Waals surface area contributed by atoms with E-state index >= 15 is 0 Å². The Morgan fingerprint density at radius 3 is 2.58 bits per heavy atom. The second-order valence-corrected chi connectivity index (χ2v) is 4.95. The third kappa shape index (κ3) is 3.11. The maximum atomic E-state index is 12.1. The predicted molar refractivity (Wildman–Crippen MR) is 70.7 cm³/mol. The minimum atomic E-state index is -0.468. The fourth-order valence-electron chi connectivity index (χ4n) is 2.03. The summed E-state index contributed by atoms with van der Waals surface area (Å²) in [7, 11) is 0. The number of hydrogen-bond donors (Lipinski definition) is 3. The van der Waals surface area contributed by atoms with Gasteiger partial charge in [-0.1, -0.05) is 0 Å². The molecule has 1 aliphatic rings. The first-order valence-electron chi connectivity index (χ1n) is 6.04. The van der Waals surface area contributed by atoms with Crippen molar-refractivity contribution in [2.75, 3.05) is 19.1 Å². The maximum Gasteiger partial charge on any atom is 0.251 e. The van der Waals surface area contributed by atoms with Crippen LogP contribution in [0.5, 0.6) is 11.5 Å². The molecule has 0 unspecified atom stereocenters. The molecule has 0 aliphatic carbocycles. The van der Waals surface area contributed by atoms with Gasteiger partial charge in [0, 0.05) is 24.7 Å². The summed E-state index contributed by atoms with van der Waals surface area (Å²) >= 11 is 5.97. The van der Waals surface area contributed by atoms with Crippen molar-refractivity contribution in [3.63, 3.8) is 0 Å². The zero-order valence-corrected chi connectivity index (χ0v) is 11.1. The van der Waals surface area contributed by atoms with Crippen LogP contribution < -0.4 is 5.32 Å². The number of halogens is 1. The molecule has 2 rings (SSSR count). The smallest absolute Gasteiger partial charge is 0.251 e. The Hall–Kier alpha value is -1.46. The van der Waals surface area contributed by atoms with Gasteiger partial charge in [0.15, 0.2) is 11.5 Å². The predicted octanol–water partition coefficient (Wildman–Crippen LogP) is 1.62. The van der Waals surface area contributed by atoms with E-state index in [9.17, 15) is 15.0 Å². The molecule has 1 heterocycles. The van der Waals surface area contributed by atoms with E-state index in [1.807, 2.05) is 0 Å². The van der Waals surface area contributed by atoms with Crippen molar-refractivity contribution >= 4 is 17.5 Å². The Bertz CT molecular complexity index is 472. The van der Waals surface area contributed by atoms with Crippen molar-refractivity contribution in [1.82, 2.24) is 5.32 Å². The molecule has 0 bridgehead atoms. The highest BCUT2D eigenvalue weighted by molar-refractivity contribution is 6.19. The second kappa shape index (κ2) is 5.67. The number of benzene rings is 1. The summed E-state index contributed by atoms with van der Waals surface area (Å²) in [6.07, 6.45) is 1.32. The van der Waals surface area contributed by atoms with Crippen LogP contribution in [0, 0.1) is 0 Å². The molecule has 0 radical (unpaired) electrons. The van der Waals surface area contributed by atoms with Gasteiger partial charge in [0.05, 0.1) is 5.54 Å². The van der Waals surface area contributed by atoms with Gasteiger partial charge in [-0.25, -0.2) is 0 Å². The molecule has 0 spiro atoms. The van der Waals surface area contributed by atoms with Crippen LogP contribution in [-0.4, -0.2) is 40.8 Å². The van der Waals surface area contributed by atoms with Crippen LogP contribution in [0.15, 0.2) is 18.2 Å². The fourth-order valence-corrected chi connectivity index (χ4v) is 2.37. The van der Waals surface area contributed by atoms with Crippen molar-refractivity contribution < 1.29 is 19.7 Å². The number of amides is 1. The van der Waals surface area contributed by atoms with Crippen LogP contribution in [-0.2, 0) is 4.74 Å². The van der Waals surface area contributed by atoms with Crippen molar-refractivity contribution in [2.24, 2.45) is 0 Å². The van der Waals surface area contributed by atoms with Crippen molar-refractivity contribution in [3.8, 4) is 11.5 Å². The highest BCUT2D eigenvalue weighted by Crippen LogP contribution is 2.26. The standard InChI is InChI=1S/C13H16ClNO4/c14-8-13(3-5-19-6-4-13)15-12(18)9-1-2-10(16)11(17)7-9/h1-2,7,16-17H,3-6,8H2,(H,15,18). The number of aromatic hydroxyl groups is 2. The average Bonchev–Trinajstić information content (AvgIpc) is 2.43. The molecule has 0 aromatic heterocycles. The van der Waals surface area contributed by atoms with Crippen LogP contribution >= 0.6 is 11.6 Å². The Labute approximate surface area is 116 Å². The average molecular weight is 286 g/mol. The molecular weight excluding hydrogens is 270 g/mol. The molecule has 1 aromatic rings. The normalized spacial score (nSPS) is 17.9. The third-order valence-corrected chi connectivity index (χ3v) is 3.83. The molecule has 1 amide bonds. The minimum absolute atomic E-state index is 0.255. The number of hydrogen-bond acceptors (Lipinski definition) is 4. The number of phenols is 2. The topological polar surface area (TPSA) is 78.8 Å². The van der Waals surface area contributed by atoms with Crippen molar-refractivity contribution in [3.05, 3.63) is 23.8 Å². The highest BCUT2D eigenvalue weighted by atomic mass is 35.5. The molecule has 6 heteroatoms. The van der Waals surface area contributed by atoms with Crippen LogP contribution in [0.3, 0.4) is 0 Å². The SMILES string of the molecule is O=C(NC1(CCl)CCOCC1)c1ccc(O)c(O)c1. The fraction of sp³-hybridized carbons (Fsp3) is 0.462. The lowest BCUT2D eigenvalue weighted by atomic mass is 9.92. The number of carbonyl (C=O) groups excluding carboxylic acids is 1. The van der Waals surface area contributed by atoms with E-state index in [4.69, 9.17) is 16.3 Å². The molecule has 1 saturated heterocycles. The quantitative estimate of drug-likeness (QED) is 0.582. The number of phenolic OH excluding ortho intramolecular Hbond substituents is 2. The van der Waals surface area contributed by atoms with Crippen LogP contribution in [0.4, 0.5) is 0 Å². The van der Waals surface area contributed by atoms with E-state index in [1.54, 1.807) is 0 Å². The largest absolute Gasteiger partial charge is 0.504 e. The van der Waals surface area contributed by atoms with Gasteiger partial charge in [-0.3, -0.25) is 4.79 Å². The maximum absolute atomic E-state index is 12.1. The summed E-state index contributed by atoms with van der Waals surface area (Å²) < 4.78 is 5.27. The van der Waals surface area contributed by atoms with Gasteiger partial charge in [-0.05, 0) is 31.0 Å². The van der Waals surface area contributed by atoms with E-state index in [-0.39, 0.29) is 23.0 Å². The third-order valence-electron chi connectivity index (χ3n) is 3.32. The zero-order valence-electron chi connectivity index (χ0n) is 10.4. The van der Waals surface area contributed by atoms with Gasteiger partial charge >= 0.3 is 0 Å². The molecule has 3 N–H and O–H groups in total. The summed E-state index contributed by atoms with van der Waals surface area (Å²) in [5.41, 5.74) is -0.184. The minimum Gasteiger partial charge on any atom is -0.504 e. The van der Waals surface area contributed by atoms with E-state index in [1.165, 1.54) is 18.2 Å². The zero-order chi connectivity index (χ0) is 13.9. The van der Waals surface area contributed by atoms with E-state index < -0.39 is 5.54 Å². The van der Waals surface area contributed by atoms with Gasteiger partial charge < -0.3 is 20.3 Å². The first-order valence-corrected chi connectivity index (χ1v) is 6.58. The molecule has 1 fully saturated rings. The first kappa shape index (κ1) is 14.0. The van der Waals surface area contributed by atoms with Crippen LogP contribution in [0.1, 0.15) is 23.2 Å². The molecule has 0 atom stereocenters. The lowest BCUT2D eigenvalue weighted by molar-refractivity contribution is 0.0433. The molecule has 0 saturated carbocycles. The number of rotatable bonds is 3. The monoisotopic (exact) mass is 285 g/mol. The van der Waals surface area contributed by atoms with Crippen LogP contribution in [0.25, 0.3) is 0 Å². The molecule has 1 aromatic carbocycles. The summed E-state index contributed by atoms with van der Waals surface area (Å²) in [5, 5.41) is 21.5. The lowest BCUT2D eigenvalue weighted by Crippen LogP contribution is -2.53. The molecular formula is C13H16ClNO4. The Balaban J connectivity index is 2.12. The number of ether oxygens (including phenoxy) is 1. The van der Waals surface area contributed by atoms with Gasteiger partial charge in [-0.15, -0.1) is 11.6 Å². The van der Waals surface area contributed by atoms with Crippen LogP contribution in [0.2, 0.25) is 0 Å². The highest BCUT2D eigenvalue weighted by Gasteiger charge is 2.33. The number of carbonyl (C=O) groups is 1. The van der Waals surface area contributed by atoms with E-state index in [0.717, 1.165) is 0 Å². The summed E-state index contributed by atoms with van der Waals surface area (Å²) in [6.45, 7) is 1.13. The lowest BCUT2D eigenvalue weighted by Gasteiger charge is -2.36. The van der Waals surface area contributed by atoms with Gasteiger partial charge in [0.2, 0.25) is 0 Å². The summed E-state index contributed by atoms with van der Waals surface area (Å²) in [6, 6.07) is 3.96. The Kier molecular flexibility index (Phi) is 4.17. The Morgan fingerprint density at radius 2 is 2.00 bits per heavy atom. The first-order chi connectivity index (χ1) is 9.06. The molecule has 1 aliphatic heterocycles. The van der Waals surface area contributed by atoms with E-state index in [2.05, 4.69) is 5.32 Å². The van der Waals surface area contributed by atoms with E-state index in [0.29, 0.717) is 31.9 Å². The number of nitrogens with one attached hydrogen (secondary N) is 1. The van der Waals surface area contributed by atoms with Gasteiger partial charge in [-0.2, -0.15) is 0 Å². The second-order valence-electron chi connectivity index (χ2n) is 4.68. The molecule has 5 nitrogen and oxygen atoms in total. The van der Waals surface area contributed by atoms with Gasteiger partial charge in [0.1, 0.15) is 0 Å². The summed E-state index contributed by atoms with van der Waals surface area (Å²) in [4.78, 5) is 12.1.